The number of nitrogens with zero attached hydrogens (tertiary/aromatic N) is 1. The lowest BCUT2D eigenvalue weighted by Crippen LogP contribution is -2.30. The number of fused-ring (bicyclic) bond motifs is 1. The molecule has 0 aromatic heterocycles. The van der Waals surface area contributed by atoms with Gasteiger partial charge in [0.15, 0.2) is 0 Å². The Labute approximate surface area is 118 Å². The number of rotatable bonds is 2. The molecule has 2 fully saturated rings. The van der Waals surface area contributed by atoms with Crippen LogP contribution in [0.4, 0.5) is 4.79 Å². The standard InChI is InChI=1S/C16H17NO3/c18-10-13-6-14-8-17(9-15(14)7-13)16(19)20-11-12-4-2-1-3-5-12/h1-5,14-15H,6-9,11H2. The van der Waals surface area contributed by atoms with Gasteiger partial charge in [-0.3, -0.25) is 0 Å². The minimum absolute atomic E-state index is 0.250. The zero-order valence-electron chi connectivity index (χ0n) is 11.2. The number of benzene rings is 1. The Bertz CT molecular complexity index is 532. The van der Waals surface area contributed by atoms with E-state index in [0.717, 1.165) is 24.0 Å². The van der Waals surface area contributed by atoms with E-state index in [1.807, 2.05) is 36.3 Å². The van der Waals surface area contributed by atoms with Crippen molar-refractivity contribution in [3.05, 3.63) is 41.5 Å². The maximum Gasteiger partial charge on any atom is 0.410 e. The molecule has 3 rings (SSSR count). The van der Waals surface area contributed by atoms with Gasteiger partial charge in [-0.2, -0.15) is 0 Å². The second-order valence-electron chi connectivity index (χ2n) is 5.58. The van der Waals surface area contributed by atoms with Crippen molar-refractivity contribution in [2.45, 2.75) is 19.4 Å². The van der Waals surface area contributed by atoms with Crippen LogP contribution in [-0.2, 0) is 16.1 Å². The fraction of sp³-hybridized carbons (Fsp3) is 0.438. The van der Waals surface area contributed by atoms with Gasteiger partial charge in [-0.25, -0.2) is 9.59 Å². The summed E-state index contributed by atoms with van der Waals surface area (Å²) in [6.45, 7) is 1.71. The van der Waals surface area contributed by atoms with Crippen molar-refractivity contribution in [1.29, 1.82) is 0 Å². The summed E-state index contributed by atoms with van der Waals surface area (Å²) in [5.41, 5.74) is 1.86. The average Bonchev–Trinajstić information content (AvgIpc) is 3.04. The van der Waals surface area contributed by atoms with Crippen LogP contribution in [0.1, 0.15) is 18.4 Å². The van der Waals surface area contributed by atoms with Crippen molar-refractivity contribution in [1.82, 2.24) is 4.90 Å². The van der Waals surface area contributed by atoms with Crippen molar-refractivity contribution in [2.24, 2.45) is 11.8 Å². The first-order valence-electron chi connectivity index (χ1n) is 6.94. The molecule has 0 N–H and O–H groups in total. The molecule has 1 aromatic carbocycles. The van der Waals surface area contributed by atoms with E-state index in [9.17, 15) is 9.59 Å². The van der Waals surface area contributed by atoms with Gasteiger partial charge in [0.2, 0.25) is 0 Å². The van der Waals surface area contributed by atoms with Crippen LogP contribution in [0.2, 0.25) is 0 Å². The number of amides is 1. The summed E-state index contributed by atoms with van der Waals surface area (Å²) < 4.78 is 5.33. The van der Waals surface area contributed by atoms with E-state index in [4.69, 9.17) is 4.74 Å². The summed E-state index contributed by atoms with van der Waals surface area (Å²) in [4.78, 5) is 24.4. The summed E-state index contributed by atoms with van der Waals surface area (Å²) >= 11 is 0. The molecule has 1 saturated carbocycles. The van der Waals surface area contributed by atoms with Gasteiger partial charge in [-0.1, -0.05) is 30.3 Å². The molecule has 1 aliphatic heterocycles. The maximum atomic E-state index is 12.0. The minimum atomic E-state index is -0.250. The third kappa shape index (κ3) is 2.61. The number of allylic oxidation sites excluding steroid dienone is 1. The topological polar surface area (TPSA) is 46.6 Å². The molecule has 1 amide bonds. The summed E-state index contributed by atoms with van der Waals surface area (Å²) in [6.07, 6.45) is 1.33. The van der Waals surface area contributed by atoms with Crippen molar-refractivity contribution < 1.29 is 14.3 Å². The molecule has 0 spiro atoms. The predicted octanol–water partition coefficient (Wildman–Crippen LogP) is 2.42. The lowest BCUT2D eigenvalue weighted by atomic mass is 10.0. The smallest absolute Gasteiger partial charge is 0.410 e. The number of likely N-dealkylation sites (tertiary alicyclic amines) is 1. The highest BCUT2D eigenvalue weighted by atomic mass is 16.6. The molecule has 2 atom stereocenters. The molecule has 1 aromatic rings. The van der Waals surface area contributed by atoms with E-state index in [2.05, 4.69) is 0 Å². The fourth-order valence-electron chi connectivity index (χ4n) is 3.16. The van der Waals surface area contributed by atoms with E-state index in [1.54, 1.807) is 4.90 Å². The van der Waals surface area contributed by atoms with E-state index in [0.29, 0.717) is 31.5 Å². The van der Waals surface area contributed by atoms with Crippen LogP contribution in [0, 0.1) is 11.8 Å². The third-order valence-electron chi connectivity index (χ3n) is 4.20. The first-order valence-corrected chi connectivity index (χ1v) is 6.94. The van der Waals surface area contributed by atoms with E-state index >= 15 is 0 Å². The molecule has 1 aliphatic carbocycles. The summed E-state index contributed by atoms with van der Waals surface area (Å²) in [5.74, 6) is 2.84. The highest BCUT2D eigenvalue weighted by molar-refractivity contribution is 5.68. The van der Waals surface area contributed by atoms with Gasteiger partial charge in [-0.15, -0.1) is 0 Å². The molecular weight excluding hydrogens is 254 g/mol. The monoisotopic (exact) mass is 271 g/mol. The first kappa shape index (κ1) is 12.9. The summed E-state index contributed by atoms with van der Waals surface area (Å²) in [5, 5.41) is 0. The van der Waals surface area contributed by atoms with Crippen molar-refractivity contribution in [3.63, 3.8) is 0 Å². The highest BCUT2D eigenvalue weighted by Crippen LogP contribution is 2.40. The van der Waals surface area contributed by atoms with Gasteiger partial charge < -0.3 is 9.64 Å². The Morgan fingerprint density at radius 1 is 1.20 bits per heavy atom. The predicted molar refractivity (Wildman–Crippen MR) is 73.6 cm³/mol. The summed E-state index contributed by atoms with van der Waals surface area (Å²) in [7, 11) is 0. The normalized spacial score (nSPS) is 24.4. The lowest BCUT2D eigenvalue weighted by Gasteiger charge is -2.17. The maximum absolute atomic E-state index is 12.0. The largest absolute Gasteiger partial charge is 0.445 e. The van der Waals surface area contributed by atoms with E-state index < -0.39 is 0 Å². The Morgan fingerprint density at radius 3 is 2.45 bits per heavy atom. The Morgan fingerprint density at radius 2 is 1.85 bits per heavy atom. The zero-order valence-corrected chi connectivity index (χ0v) is 11.2. The van der Waals surface area contributed by atoms with Gasteiger partial charge in [0.25, 0.3) is 0 Å². The van der Waals surface area contributed by atoms with Gasteiger partial charge in [0, 0.05) is 18.7 Å². The minimum Gasteiger partial charge on any atom is -0.445 e. The van der Waals surface area contributed by atoms with Crippen molar-refractivity contribution >= 4 is 12.0 Å². The molecular formula is C16H17NO3. The van der Waals surface area contributed by atoms with Crippen LogP contribution in [0.15, 0.2) is 35.9 Å². The number of carbonyl (C=O) groups excluding carboxylic acids is 2. The highest BCUT2D eigenvalue weighted by Gasteiger charge is 2.41. The Hall–Kier alpha value is -2.06. The van der Waals surface area contributed by atoms with Crippen LogP contribution in [0.25, 0.3) is 0 Å². The van der Waals surface area contributed by atoms with Crippen molar-refractivity contribution in [3.8, 4) is 0 Å². The molecule has 104 valence electrons. The number of hydrogen-bond donors (Lipinski definition) is 0. The van der Waals surface area contributed by atoms with Gasteiger partial charge in [0.1, 0.15) is 12.5 Å². The second kappa shape index (κ2) is 5.51. The fourth-order valence-corrected chi connectivity index (χ4v) is 3.16. The number of ether oxygens (including phenoxy) is 1. The third-order valence-corrected chi connectivity index (χ3v) is 4.20. The molecule has 0 bridgehead atoms. The van der Waals surface area contributed by atoms with Crippen LogP contribution >= 0.6 is 0 Å². The van der Waals surface area contributed by atoms with E-state index in [-0.39, 0.29) is 6.09 Å². The quantitative estimate of drug-likeness (QED) is 0.776. The SMILES string of the molecule is O=C=C1CC2CN(C(=O)OCc3ccccc3)CC2C1. The molecule has 4 nitrogen and oxygen atoms in total. The number of carbonyl (C=O) groups is 1. The van der Waals surface area contributed by atoms with Gasteiger partial charge in [-0.05, 0) is 30.2 Å². The average molecular weight is 271 g/mol. The molecule has 20 heavy (non-hydrogen) atoms. The van der Waals surface area contributed by atoms with Crippen LogP contribution < -0.4 is 0 Å². The Kier molecular flexibility index (Phi) is 3.57. The Balaban J connectivity index is 1.52. The second-order valence-corrected chi connectivity index (χ2v) is 5.58. The van der Waals surface area contributed by atoms with Crippen molar-refractivity contribution in [2.75, 3.05) is 13.1 Å². The molecule has 2 aliphatic rings. The lowest BCUT2D eigenvalue weighted by molar-refractivity contribution is 0.102. The zero-order chi connectivity index (χ0) is 13.9. The van der Waals surface area contributed by atoms with Crippen LogP contribution in [0.3, 0.4) is 0 Å². The van der Waals surface area contributed by atoms with Gasteiger partial charge >= 0.3 is 6.09 Å². The molecule has 1 heterocycles. The molecule has 4 heteroatoms. The summed E-state index contributed by atoms with van der Waals surface area (Å²) in [6, 6.07) is 9.67. The number of hydrogen-bond acceptors (Lipinski definition) is 3. The van der Waals surface area contributed by atoms with Crippen LogP contribution in [0.5, 0.6) is 0 Å². The first-order chi connectivity index (χ1) is 9.76. The molecule has 1 saturated heterocycles. The molecule has 0 radical (unpaired) electrons. The molecule has 2 unspecified atom stereocenters. The van der Waals surface area contributed by atoms with Crippen LogP contribution in [-0.4, -0.2) is 30.0 Å². The van der Waals surface area contributed by atoms with E-state index in [1.165, 1.54) is 0 Å². The van der Waals surface area contributed by atoms with Gasteiger partial charge in [0.05, 0.1) is 0 Å².